The molecule has 18 heavy (non-hydrogen) atoms. The number of pyridine rings is 1. The zero-order valence-electron chi connectivity index (χ0n) is 9.78. The molecule has 96 valence electrons. The van der Waals surface area contributed by atoms with Gasteiger partial charge in [0.2, 0.25) is 0 Å². The monoisotopic (exact) mass is 266 g/mol. The van der Waals surface area contributed by atoms with Gasteiger partial charge in [-0.1, -0.05) is 0 Å². The van der Waals surface area contributed by atoms with Gasteiger partial charge in [0, 0.05) is 12.6 Å². The summed E-state index contributed by atoms with van der Waals surface area (Å²) in [7, 11) is -2.95. The molecular formula is C11H14N4O2S. The van der Waals surface area contributed by atoms with E-state index in [2.05, 4.69) is 10.1 Å². The number of hydrogen-bond donors (Lipinski definition) is 1. The van der Waals surface area contributed by atoms with Gasteiger partial charge >= 0.3 is 0 Å². The van der Waals surface area contributed by atoms with Gasteiger partial charge in [0.1, 0.15) is 0 Å². The molecule has 1 unspecified atom stereocenters. The van der Waals surface area contributed by atoms with E-state index in [9.17, 15) is 8.42 Å². The SMILES string of the molecule is Nc1cccn2nc(CC3CCCS3(=O)=O)nc12. The van der Waals surface area contributed by atoms with E-state index in [0.29, 0.717) is 30.0 Å². The number of hydrogen-bond acceptors (Lipinski definition) is 5. The third-order valence-corrected chi connectivity index (χ3v) is 5.59. The summed E-state index contributed by atoms with van der Waals surface area (Å²) in [5.41, 5.74) is 6.92. The van der Waals surface area contributed by atoms with Crippen LogP contribution in [0, 0.1) is 0 Å². The molecule has 0 amide bonds. The van der Waals surface area contributed by atoms with Gasteiger partial charge < -0.3 is 5.73 Å². The normalized spacial score (nSPS) is 22.6. The lowest BCUT2D eigenvalue weighted by molar-refractivity contribution is 0.586. The van der Waals surface area contributed by atoms with Crippen molar-refractivity contribution in [2.24, 2.45) is 0 Å². The second-order valence-corrected chi connectivity index (χ2v) is 7.00. The lowest BCUT2D eigenvalue weighted by Crippen LogP contribution is -2.19. The van der Waals surface area contributed by atoms with Gasteiger partial charge in [0.05, 0.1) is 16.7 Å². The minimum absolute atomic E-state index is 0.285. The number of sulfone groups is 1. The smallest absolute Gasteiger partial charge is 0.178 e. The summed E-state index contributed by atoms with van der Waals surface area (Å²) < 4.78 is 25.1. The van der Waals surface area contributed by atoms with Crippen molar-refractivity contribution in [3.63, 3.8) is 0 Å². The first-order valence-electron chi connectivity index (χ1n) is 5.87. The fourth-order valence-corrected chi connectivity index (χ4v) is 4.18. The van der Waals surface area contributed by atoms with Crippen LogP contribution in [0.4, 0.5) is 5.69 Å². The minimum atomic E-state index is -2.95. The van der Waals surface area contributed by atoms with Gasteiger partial charge in [-0.2, -0.15) is 5.10 Å². The van der Waals surface area contributed by atoms with Gasteiger partial charge in [-0.3, -0.25) is 0 Å². The summed E-state index contributed by atoms with van der Waals surface area (Å²) in [5.74, 6) is 0.830. The Kier molecular flexibility index (Phi) is 2.51. The van der Waals surface area contributed by atoms with Crippen molar-refractivity contribution in [3.05, 3.63) is 24.2 Å². The van der Waals surface area contributed by atoms with Crippen LogP contribution < -0.4 is 5.73 Å². The topological polar surface area (TPSA) is 90.4 Å². The summed E-state index contributed by atoms with van der Waals surface area (Å²) in [5, 5.41) is 3.93. The lowest BCUT2D eigenvalue weighted by atomic mass is 10.2. The van der Waals surface area contributed by atoms with Crippen LogP contribution in [0.1, 0.15) is 18.7 Å². The highest BCUT2D eigenvalue weighted by Gasteiger charge is 2.32. The Bertz CT molecular complexity index is 692. The van der Waals surface area contributed by atoms with E-state index < -0.39 is 9.84 Å². The van der Waals surface area contributed by atoms with Crippen LogP contribution in [0.5, 0.6) is 0 Å². The second-order valence-electron chi connectivity index (χ2n) is 4.60. The molecule has 2 aromatic heterocycles. The number of aromatic nitrogens is 3. The van der Waals surface area contributed by atoms with E-state index in [1.807, 2.05) is 0 Å². The number of anilines is 1. The molecule has 1 saturated heterocycles. The van der Waals surface area contributed by atoms with Gasteiger partial charge in [0.25, 0.3) is 0 Å². The molecule has 0 aromatic carbocycles. The van der Waals surface area contributed by atoms with Crippen molar-refractivity contribution >= 4 is 21.2 Å². The van der Waals surface area contributed by atoms with Gasteiger partial charge in [-0.05, 0) is 25.0 Å². The number of fused-ring (bicyclic) bond motifs is 1. The molecule has 2 aromatic rings. The Hall–Kier alpha value is -1.63. The fourth-order valence-electron chi connectivity index (χ4n) is 2.35. The van der Waals surface area contributed by atoms with Crippen LogP contribution in [0.25, 0.3) is 5.65 Å². The Morgan fingerprint density at radius 2 is 2.33 bits per heavy atom. The third-order valence-electron chi connectivity index (χ3n) is 3.31. The summed E-state index contributed by atoms with van der Waals surface area (Å²) >= 11 is 0. The molecule has 3 rings (SSSR count). The highest BCUT2D eigenvalue weighted by Crippen LogP contribution is 2.23. The first kappa shape index (κ1) is 11.5. The quantitative estimate of drug-likeness (QED) is 0.851. The van der Waals surface area contributed by atoms with E-state index in [1.54, 1.807) is 22.8 Å². The van der Waals surface area contributed by atoms with E-state index in [4.69, 9.17) is 5.73 Å². The van der Waals surface area contributed by atoms with Crippen molar-refractivity contribution < 1.29 is 8.42 Å². The van der Waals surface area contributed by atoms with Crippen LogP contribution in [0.3, 0.4) is 0 Å². The van der Waals surface area contributed by atoms with Crippen molar-refractivity contribution in [1.29, 1.82) is 0 Å². The molecule has 1 atom stereocenters. The number of nitrogens with zero attached hydrogens (tertiary/aromatic N) is 3. The van der Waals surface area contributed by atoms with Crippen LogP contribution >= 0.6 is 0 Å². The van der Waals surface area contributed by atoms with Gasteiger partial charge in [-0.15, -0.1) is 0 Å². The second kappa shape index (κ2) is 3.94. The predicted octanol–water partition coefficient (Wildman–Crippen LogP) is 0.431. The summed E-state index contributed by atoms with van der Waals surface area (Å²) in [6.45, 7) is 0. The van der Waals surface area contributed by atoms with E-state index in [0.717, 1.165) is 6.42 Å². The van der Waals surface area contributed by atoms with Crippen LogP contribution in [0.2, 0.25) is 0 Å². The maximum atomic E-state index is 11.8. The Morgan fingerprint density at radius 3 is 3.00 bits per heavy atom. The van der Waals surface area contributed by atoms with Crippen molar-refractivity contribution in [3.8, 4) is 0 Å². The van der Waals surface area contributed by atoms with Crippen LogP contribution in [-0.2, 0) is 16.3 Å². The van der Waals surface area contributed by atoms with Crippen molar-refractivity contribution in [2.45, 2.75) is 24.5 Å². The summed E-state index contributed by atoms with van der Waals surface area (Å²) in [4.78, 5) is 4.30. The predicted molar refractivity (Wildman–Crippen MR) is 67.9 cm³/mol. The molecule has 0 spiro atoms. The highest BCUT2D eigenvalue weighted by atomic mass is 32.2. The molecule has 0 aliphatic carbocycles. The minimum Gasteiger partial charge on any atom is -0.396 e. The average Bonchev–Trinajstić information content (AvgIpc) is 2.84. The molecular weight excluding hydrogens is 252 g/mol. The first-order valence-corrected chi connectivity index (χ1v) is 7.59. The summed E-state index contributed by atoms with van der Waals surface area (Å²) in [6, 6.07) is 3.53. The maximum absolute atomic E-state index is 11.8. The molecule has 0 radical (unpaired) electrons. The Labute approximate surface area is 105 Å². The number of nitrogen functional groups attached to an aromatic ring is 1. The average molecular weight is 266 g/mol. The molecule has 1 aliphatic rings. The third kappa shape index (κ3) is 1.84. The zero-order valence-corrected chi connectivity index (χ0v) is 10.6. The maximum Gasteiger partial charge on any atom is 0.178 e. The summed E-state index contributed by atoms with van der Waals surface area (Å²) in [6.07, 6.45) is 3.57. The Balaban J connectivity index is 1.94. The molecule has 6 nitrogen and oxygen atoms in total. The molecule has 0 saturated carbocycles. The van der Waals surface area contributed by atoms with E-state index >= 15 is 0 Å². The van der Waals surface area contributed by atoms with Crippen LogP contribution in [0.15, 0.2) is 18.3 Å². The molecule has 1 aliphatic heterocycles. The van der Waals surface area contributed by atoms with E-state index in [-0.39, 0.29) is 11.0 Å². The first-order chi connectivity index (χ1) is 8.56. The molecule has 0 bridgehead atoms. The Morgan fingerprint density at radius 1 is 1.50 bits per heavy atom. The fraction of sp³-hybridized carbons (Fsp3) is 0.455. The molecule has 7 heteroatoms. The molecule has 3 heterocycles. The van der Waals surface area contributed by atoms with Crippen molar-refractivity contribution in [1.82, 2.24) is 14.6 Å². The zero-order chi connectivity index (χ0) is 12.8. The molecule has 1 fully saturated rings. The van der Waals surface area contributed by atoms with Gasteiger partial charge in [-0.25, -0.2) is 17.9 Å². The standard InChI is InChI=1S/C11H14N4O2S/c12-9-4-1-5-15-11(9)13-10(14-15)7-8-3-2-6-18(8,16)17/h1,4-5,8H,2-3,6-7,12H2. The van der Waals surface area contributed by atoms with Gasteiger partial charge in [0.15, 0.2) is 21.3 Å². The van der Waals surface area contributed by atoms with E-state index in [1.165, 1.54) is 0 Å². The van der Waals surface area contributed by atoms with Crippen LogP contribution in [-0.4, -0.2) is 34.0 Å². The molecule has 2 N–H and O–H groups in total. The number of rotatable bonds is 2. The largest absolute Gasteiger partial charge is 0.396 e. The van der Waals surface area contributed by atoms with Crippen molar-refractivity contribution in [2.75, 3.05) is 11.5 Å². The number of nitrogens with two attached hydrogens (primary N) is 1. The lowest BCUT2D eigenvalue weighted by Gasteiger charge is -2.04. The highest BCUT2D eigenvalue weighted by molar-refractivity contribution is 7.92.